The van der Waals surface area contributed by atoms with Crippen LogP contribution in [0.4, 0.5) is 0 Å². The summed E-state index contributed by atoms with van der Waals surface area (Å²) >= 11 is 0. The predicted molar refractivity (Wildman–Crippen MR) is 429 cm³/mol. The second kappa shape index (κ2) is 79.9. The molecule has 0 saturated carbocycles. The number of likely N-dealkylation sites (N-methyl/N-ethyl adjacent to an activating group) is 1. The number of nitrogens with zero attached hydrogens (tertiary/aromatic N) is 1. The normalized spacial score (nSPS) is 13.1. The molecule has 9 heteroatoms. The van der Waals surface area contributed by atoms with E-state index >= 15 is 0 Å². The van der Waals surface area contributed by atoms with Gasteiger partial charge in [0.1, 0.15) is 13.2 Å². The quantitative estimate of drug-likeness (QED) is 0.0211. The lowest BCUT2D eigenvalue weighted by Crippen LogP contribution is -2.40. The molecular formula is C90H162NO8+. The fourth-order valence-corrected chi connectivity index (χ4v) is 12.4. The minimum absolute atomic E-state index is 0.180. The van der Waals surface area contributed by atoms with Crippen LogP contribution < -0.4 is 0 Å². The van der Waals surface area contributed by atoms with Crippen molar-refractivity contribution in [3.63, 3.8) is 0 Å². The molecule has 2 atom stereocenters. The molecular weight excluding hydrogens is 1220 g/mol. The monoisotopic (exact) mass is 1390 g/mol. The first-order valence-electron chi connectivity index (χ1n) is 42.4. The Morgan fingerprint density at radius 2 is 0.576 bits per heavy atom. The van der Waals surface area contributed by atoms with Crippen LogP contribution in [-0.2, 0) is 33.3 Å². The molecule has 0 fully saturated rings. The van der Waals surface area contributed by atoms with E-state index in [1.54, 1.807) is 0 Å². The van der Waals surface area contributed by atoms with Crippen LogP contribution in [0.25, 0.3) is 0 Å². The van der Waals surface area contributed by atoms with Gasteiger partial charge in [-0.3, -0.25) is 9.59 Å². The highest BCUT2D eigenvalue weighted by Crippen LogP contribution is 2.20. The van der Waals surface area contributed by atoms with Gasteiger partial charge in [-0.2, -0.15) is 0 Å². The molecule has 2 unspecified atom stereocenters. The first kappa shape index (κ1) is 95.2. The number of aliphatic carboxylic acids is 1. The third-order valence-electron chi connectivity index (χ3n) is 18.8. The number of carbonyl (C=O) groups is 3. The highest BCUT2D eigenvalue weighted by Gasteiger charge is 2.25. The molecule has 0 spiro atoms. The SMILES string of the molecule is CC/C=C\C/C=C\C/C=C\C/C=C\C/C=C\CCCCCCCCCCCCCCCCCCCC(=O)OC(COC(=O)CCCCCCCCCCCCCCCCCCCCCCCCCCCC/C=C\C/C=C\C/C=C\CCCCCCC)COC(OCC[N+](C)(C)C)C(=O)O. The van der Waals surface area contributed by atoms with Crippen molar-refractivity contribution in [2.24, 2.45) is 0 Å². The molecule has 0 aromatic heterocycles. The lowest BCUT2D eigenvalue weighted by Gasteiger charge is -2.25. The molecule has 9 nitrogen and oxygen atoms in total. The van der Waals surface area contributed by atoms with Crippen molar-refractivity contribution in [1.29, 1.82) is 0 Å². The van der Waals surface area contributed by atoms with E-state index in [9.17, 15) is 19.5 Å². The van der Waals surface area contributed by atoms with E-state index in [2.05, 4.69) is 111 Å². The van der Waals surface area contributed by atoms with Crippen LogP contribution in [0.2, 0.25) is 0 Å². The number of carbonyl (C=O) groups excluding carboxylic acids is 2. The van der Waals surface area contributed by atoms with Crippen molar-refractivity contribution < 1.29 is 42.9 Å². The zero-order valence-corrected chi connectivity index (χ0v) is 65.9. The number of carboxylic acids is 1. The van der Waals surface area contributed by atoms with Gasteiger partial charge < -0.3 is 28.5 Å². The first-order chi connectivity index (χ1) is 48.6. The summed E-state index contributed by atoms with van der Waals surface area (Å²) in [4.78, 5) is 37.8. The average molecular weight is 1390 g/mol. The number of ether oxygens (including phenoxy) is 4. The van der Waals surface area contributed by atoms with Crippen molar-refractivity contribution >= 4 is 17.9 Å². The minimum atomic E-state index is -1.51. The fourth-order valence-electron chi connectivity index (χ4n) is 12.4. The molecule has 0 aliphatic heterocycles. The summed E-state index contributed by atoms with van der Waals surface area (Å²) in [6.07, 6.45) is 109. The number of hydrogen-bond donors (Lipinski definition) is 1. The molecule has 574 valence electrons. The molecule has 0 radical (unpaired) electrons. The molecule has 0 aromatic carbocycles. The van der Waals surface area contributed by atoms with Gasteiger partial charge in [0.05, 0.1) is 34.4 Å². The van der Waals surface area contributed by atoms with Gasteiger partial charge in [0, 0.05) is 12.8 Å². The standard InChI is InChI=1S/C90H161NO8/c1-6-8-10-12-14-16-18-20-22-24-26-28-30-32-34-36-38-40-41-42-43-44-45-46-47-49-50-52-54-56-58-60-62-64-66-68-70-72-74-76-78-80-87(92)97-84-86(85-98-90(89(94)95)96-83-82-91(3,4)5)99-88(93)81-79-77-75-73-71-69-67-65-63-61-59-57-55-53-51-48-39-37-35-33-31-29-27-25-23-21-19-17-15-13-11-9-7-2/h9,11,15,17-18,20-21,23-24,26-27,29-30,32-33,35,86,90H,6-8,10,12-14,16,19,22,25,28,31,34,36-85H2,1-5H3/p+1/b11-9-,17-15-,20-18-,23-21-,26-24-,29-27-,32-30-,35-33-. The third-order valence-corrected chi connectivity index (χ3v) is 18.8. The van der Waals surface area contributed by atoms with E-state index in [0.717, 1.165) is 83.5 Å². The maximum atomic E-state index is 13.0. The summed E-state index contributed by atoms with van der Waals surface area (Å²) in [6.45, 7) is 4.81. The zero-order valence-electron chi connectivity index (χ0n) is 65.9. The topological polar surface area (TPSA) is 108 Å². The maximum absolute atomic E-state index is 13.0. The highest BCUT2D eigenvalue weighted by molar-refractivity contribution is 5.71. The molecule has 0 amide bonds. The third kappa shape index (κ3) is 81.4. The zero-order chi connectivity index (χ0) is 71.8. The number of carboxylic acid groups (broad SMARTS) is 1. The maximum Gasteiger partial charge on any atom is 0.361 e. The Hall–Kier alpha value is -3.79. The van der Waals surface area contributed by atoms with Crippen molar-refractivity contribution in [1.82, 2.24) is 0 Å². The minimum Gasteiger partial charge on any atom is -0.477 e. The molecule has 99 heavy (non-hydrogen) atoms. The molecule has 0 rings (SSSR count). The van der Waals surface area contributed by atoms with E-state index in [1.807, 2.05) is 21.1 Å². The van der Waals surface area contributed by atoms with Gasteiger partial charge in [0.2, 0.25) is 0 Å². The van der Waals surface area contributed by atoms with Gasteiger partial charge in [-0.25, -0.2) is 4.79 Å². The second-order valence-corrected chi connectivity index (χ2v) is 29.8. The van der Waals surface area contributed by atoms with E-state index in [-0.39, 0.29) is 38.2 Å². The fraction of sp³-hybridized carbons (Fsp3) is 0.789. The number of allylic oxidation sites excluding steroid dienone is 16. The van der Waals surface area contributed by atoms with Crippen LogP contribution in [-0.4, -0.2) is 87.4 Å². The number of unbranched alkanes of at least 4 members (excludes halogenated alkanes) is 48. The number of rotatable bonds is 79. The van der Waals surface area contributed by atoms with Crippen LogP contribution in [0.5, 0.6) is 0 Å². The Kier molecular flexibility index (Phi) is 76.8. The molecule has 0 aliphatic carbocycles. The van der Waals surface area contributed by atoms with Crippen LogP contribution in [0.15, 0.2) is 97.2 Å². The van der Waals surface area contributed by atoms with Gasteiger partial charge in [-0.05, 0) is 96.3 Å². The van der Waals surface area contributed by atoms with Gasteiger partial charge in [-0.1, -0.05) is 387 Å². The van der Waals surface area contributed by atoms with Crippen molar-refractivity contribution in [3.8, 4) is 0 Å². The van der Waals surface area contributed by atoms with Gasteiger partial charge in [-0.15, -0.1) is 0 Å². The summed E-state index contributed by atoms with van der Waals surface area (Å²) in [5.74, 6) is -1.98. The smallest absolute Gasteiger partial charge is 0.361 e. The van der Waals surface area contributed by atoms with E-state index in [4.69, 9.17) is 18.9 Å². The molecule has 0 aliphatic rings. The van der Waals surface area contributed by atoms with Crippen molar-refractivity contribution in [2.45, 2.75) is 411 Å². The van der Waals surface area contributed by atoms with Crippen molar-refractivity contribution in [2.75, 3.05) is 47.5 Å². The first-order valence-corrected chi connectivity index (χ1v) is 42.4. The summed E-state index contributed by atoms with van der Waals surface area (Å²) in [6, 6.07) is 0. The number of hydrogen-bond acceptors (Lipinski definition) is 7. The number of quaternary nitrogens is 1. The largest absolute Gasteiger partial charge is 0.477 e. The summed E-state index contributed by atoms with van der Waals surface area (Å²) in [5.41, 5.74) is 0. The van der Waals surface area contributed by atoms with Crippen LogP contribution in [0, 0.1) is 0 Å². The van der Waals surface area contributed by atoms with Crippen LogP contribution in [0.3, 0.4) is 0 Å². The highest BCUT2D eigenvalue weighted by atomic mass is 16.7. The molecule has 0 aromatic rings. The van der Waals surface area contributed by atoms with Crippen LogP contribution in [0.1, 0.15) is 399 Å². The average Bonchev–Trinajstić information content (AvgIpc) is 1.57. The Balaban J connectivity index is 3.95. The second-order valence-electron chi connectivity index (χ2n) is 29.8. The van der Waals surface area contributed by atoms with Crippen LogP contribution >= 0.6 is 0 Å². The molecule has 0 bridgehead atoms. The van der Waals surface area contributed by atoms with Gasteiger partial charge >= 0.3 is 17.9 Å². The van der Waals surface area contributed by atoms with E-state index in [0.29, 0.717) is 17.4 Å². The summed E-state index contributed by atoms with van der Waals surface area (Å²) < 4.78 is 23.1. The molecule has 1 N–H and O–H groups in total. The van der Waals surface area contributed by atoms with E-state index < -0.39 is 18.4 Å². The Bertz CT molecular complexity index is 1960. The molecule has 0 heterocycles. The van der Waals surface area contributed by atoms with Gasteiger partial charge in [0.25, 0.3) is 6.29 Å². The van der Waals surface area contributed by atoms with Crippen molar-refractivity contribution in [3.05, 3.63) is 97.2 Å². The number of esters is 2. The lowest BCUT2D eigenvalue weighted by molar-refractivity contribution is -0.870. The summed E-state index contributed by atoms with van der Waals surface area (Å²) in [7, 11) is 6.00. The van der Waals surface area contributed by atoms with E-state index in [1.165, 1.54) is 289 Å². The molecule has 0 saturated heterocycles. The Labute approximate surface area is 613 Å². The Morgan fingerprint density at radius 3 is 0.859 bits per heavy atom. The van der Waals surface area contributed by atoms with Gasteiger partial charge in [0.15, 0.2) is 6.10 Å². The predicted octanol–water partition coefficient (Wildman–Crippen LogP) is 27.5. The lowest BCUT2D eigenvalue weighted by atomic mass is 10.0. The summed E-state index contributed by atoms with van der Waals surface area (Å²) in [5, 5.41) is 9.78. The Morgan fingerprint density at radius 1 is 0.313 bits per heavy atom.